The second-order valence-electron chi connectivity index (χ2n) is 5.83. The average molecular weight is 451 g/mol. The van der Waals surface area contributed by atoms with E-state index < -0.39 is 12.7 Å². The van der Waals surface area contributed by atoms with Gasteiger partial charge in [-0.3, -0.25) is 0 Å². The van der Waals surface area contributed by atoms with E-state index in [-0.39, 0.29) is 12.0 Å². The zero-order valence-electron chi connectivity index (χ0n) is 17.2. The molecule has 10 heteroatoms. The van der Waals surface area contributed by atoms with Crippen molar-refractivity contribution in [3.8, 4) is 11.5 Å². The zero-order valence-corrected chi connectivity index (χ0v) is 19.7. The van der Waals surface area contributed by atoms with E-state index in [4.69, 9.17) is 30.3 Å². The van der Waals surface area contributed by atoms with Crippen LogP contribution in [-0.2, 0) is 20.9 Å². The fraction of sp³-hybridized carbons (Fsp3) is 0.611. The Bertz CT molecular complexity index is 638. The molecule has 0 aliphatic rings. The van der Waals surface area contributed by atoms with Crippen molar-refractivity contribution in [2.75, 3.05) is 25.6 Å². The van der Waals surface area contributed by atoms with Gasteiger partial charge in [0.1, 0.15) is 0 Å². The van der Waals surface area contributed by atoms with Gasteiger partial charge in [0.05, 0.1) is 25.2 Å². The highest BCUT2D eigenvalue weighted by molar-refractivity contribution is 8.15. The van der Waals surface area contributed by atoms with Crippen LogP contribution in [0.3, 0.4) is 0 Å². The number of hydrogen-bond acceptors (Lipinski definition) is 7. The van der Waals surface area contributed by atoms with Crippen LogP contribution >= 0.6 is 18.6 Å². The number of carbonyl (C=O) groups is 1. The number of para-hydroxylation sites is 2. The number of ether oxygens (including phenoxy) is 2. The number of rotatable bonds is 13. The highest BCUT2D eigenvalue weighted by atomic mass is 32.5. The van der Waals surface area contributed by atoms with Crippen LogP contribution in [0.4, 0.5) is 4.79 Å². The minimum atomic E-state index is -2.58. The summed E-state index contributed by atoms with van der Waals surface area (Å²) in [5, 5.41) is 2.72. The van der Waals surface area contributed by atoms with Crippen molar-refractivity contribution in [1.82, 2.24) is 9.39 Å². The van der Waals surface area contributed by atoms with Crippen molar-refractivity contribution in [3.63, 3.8) is 0 Å². The fourth-order valence-electron chi connectivity index (χ4n) is 2.13. The highest BCUT2D eigenvalue weighted by Crippen LogP contribution is 2.55. The predicted molar refractivity (Wildman–Crippen MR) is 118 cm³/mol. The quantitative estimate of drug-likeness (QED) is 0.251. The van der Waals surface area contributed by atoms with Gasteiger partial charge in [0.15, 0.2) is 11.5 Å². The minimum Gasteiger partial charge on any atom is -0.487 e. The fourth-order valence-corrected chi connectivity index (χ4v) is 6.52. The SMILES string of the molecule is CCCN(SCNC(=O)Oc1ccccc1OC(C)C)P(=S)(OCC)OCC. The summed E-state index contributed by atoms with van der Waals surface area (Å²) in [5.41, 5.74) is 0. The van der Waals surface area contributed by atoms with Crippen molar-refractivity contribution in [2.24, 2.45) is 0 Å². The van der Waals surface area contributed by atoms with Gasteiger partial charge in [-0.05, 0) is 70.0 Å². The lowest BCUT2D eigenvalue weighted by Gasteiger charge is -2.31. The molecule has 1 N–H and O–H groups in total. The summed E-state index contributed by atoms with van der Waals surface area (Å²) in [6.07, 6.45) is 0.299. The molecule has 0 atom stereocenters. The Morgan fingerprint density at radius 3 is 2.32 bits per heavy atom. The second-order valence-corrected chi connectivity index (χ2v) is 10.4. The molecule has 0 saturated heterocycles. The molecule has 0 saturated carbocycles. The van der Waals surface area contributed by atoms with Crippen LogP contribution in [-0.4, -0.2) is 41.9 Å². The van der Waals surface area contributed by atoms with E-state index in [2.05, 4.69) is 12.2 Å². The van der Waals surface area contributed by atoms with Gasteiger partial charge < -0.3 is 23.8 Å². The lowest BCUT2D eigenvalue weighted by Crippen LogP contribution is -2.29. The maximum absolute atomic E-state index is 12.2. The molecule has 0 fully saturated rings. The van der Waals surface area contributed by atoms with Crippen LogP contribution in [0.25, 0.3) is 0 Å². The molecule has 7 nitrogen and oxygen atoms in total. The van der Waals surface area contributed by atoms with Crippen molar-refractivity contribution < 1.29 is 23.3 Å². The molecule has 0 aliphatic heterocycles. The molecule has 28 heavy (non-hydrogen) atoms. The Hall–Kier alpha value is -0.830. The Kier molecular flexibility index (Phi) is 12.1. The predicted octanol–water partition coefficient (Wildman–Crippen LogP) is 5.18. The molecule has 0 spiro atoms. The van der Waals surface area contributed by atoms with E-state index in [0.29, 0.717) is 31.3 Å². The Morgan fingerprint density at radius 2 is 1.79 bits per heavy atom. The third-order valence-electron chi connectivity index (χ3n) is 3.12. The topological polar surface area (TPSA) is 69.3 Å². The molecule has 1 amide bonds. The number of nitrogens with zero attached hydrogens (tertiary/aromatic N) is 1. The number of carbonyl (C=O) groups excluding carboxylic acids is 1. The number of hydrogen-bond donors (Lipinski definition) is 1. The molecule has 160 valence electrons. The smallest absolute Gasteiger partial charge is 0.413 e. The third kappa shape index (κ3) is 8.68. The average Bonchev–Trinajstić information content (AvgIpc) is 2.62. The first-order valence-corrected chi connectivity index (χ1v) is 12.9. The van der Waals surface area contributed by atoms with Crippen molar-refractivity contribution in [1.29, 1.82) is 0 Å². The van der Waals surface area contributed by atoms with Crippen molar-refractivity contribution >= 4 is 36.5 Å². The van der Waals surface area contributed by atoms with Crippen LogP contribution in [0.1, 0.15) is 41.0 Å². The largest absolute Gasteiger partial charge is 0.487 e. The van der Waals surface area contributed by atoms with E-state index in [1.807, 2.05) is 37.8 Å². The molecule has 0 radical (unpaired) electrons. The minimum absolute atomic E-state index is 0.0211. The molecular formula is C18H31N2O5PS2. The summed E-state index contributed by atoms with van der Waals surface area (Å²) in [6.45, 7) is 8.73. The first-order chi connectivity index (χ1) is 13.4. The van der Waals surface area contributed by atoms with Gasteiger partial charge in [-0.2, -0.15) is 4.08 Å². The first kappa shape index (κ1) is 25.2. The molecule has 0 bridgehead atoms. The van der Waals surface area contributed by atoms with E-state index in [1.54, 1.807) is 18.2 Å². The molecule has 1 aromatic carbocycles. The molecule has 0 aliphatic carbocycles. The molecule has 1 aromatic rings. The van der Waals surface area contributed by atoms with Gasteiger partial charge in [0, 0.05) is 6.54 Å². The molecular weight excluding hydrogens is 419 g/mol. The van der Waals surface area contributed by atoms with Gasteiger partial charge in [-0.15, -0.1) is 0 Å². The van der Waals surface area contributed by atoms with Gasteiger partial charge in [0.25, 0.3) is 6.64 Å². The van der Waals surface area contributed by atoms with Crippen LogP contribution in [0.15, 0.2) is 24.3 Å². The second kappa shape index (κ2) is 13.4. The van der Waals surface area contributed by atoms with Gasteiger partial charge in [0.2, 0.25) is 0 Å². The van der Waals surface area contributed by atoms with Gasteiger partial charge in [-0.1, -0.05) is 19.1 Å². The highest BCUT2D eigenvalue weighted by Gasteiger charge is 2.28. The summed E-state index contributed by atoms with van der Waals surface area (Å²) >= 11 is 7.01. The number of benzene rings is 1. The van der Waals surface area contributed by atoms with E-state index >= 15 is 0 Å². The third-order valence-corrected chi connectivity index (χ3v) is 8.31. The zero-order chi connectivity index (χ0) is 21.0. The van der Waals surface area contributed by atoms with Crippen LogP contribution in [0, 0.1) is 0 Å². The summed E-state index contributed by atoms with van der Waals surface area (Å²) in [6, 6.07) is 7.07. The maximum atomic E-state index is 12.2. The van der Waals surface area contributed by atoms with E-state index in [1.165, 1.54) is 11.9 Å². The van der Waals surface area contributed by atoms with Crippen LogP contribution in [0.5, 0.6) is 11.5 Å². The van der Waals surface area contributed by atoms with Crippen LogP contribution in [0.2, 0.25) is 0 Å². The van der Waals surface area contributed by atoms with Gasteiger partial charge >= 0.3 is 6.09 Å². The van der Waals surface area contributed by atoms with E-state index in [0.717, 1.165) is 6.42 Å². The summed E-state index contributed by atoms with van der Waals surface area (Å²) in [4.78, 5) is 12.2. The van der Waals surface area contributed by atoms with Crippen LogP contribution < -0.4 is 14.8 Å². The van der Waals surface area contributed by atoms with Crippen molar-refractivity contribution in [3.05, 3.63) is 24.3 Å². The van der Waals surface area contributed by atoms with E-state index in [9.17, 15) is 4.79 Å². The number of amides is 1. The summed E-state index contributed by atoms with van der Waals surface area (Å²) in [7, 11) is 0. The summed E-state index contributed by atoms with van der Waals surface area (Å²) < 4.78 is 24.4. The monoisotopic (exact) mass is 450 g/mol. The Labute approximate surface area is 177 Å². The first-order valence-electron chi connectivity index (χ1n) is 9.37. The van der Waals surface area contributed by atoms with Crippen molar-refractivity contribution in [2.45, 2.75) is 47.1 Å². The maximum Gasteiger partial charge on any atom is 0.413 e. The molecule has 0 unspecified atom stereocenters. The Morgan fingerprint density at radius 1 is 1.18 bits per heavy atom. The number of nitrogens with one attached hydrogen (secondary N) is 1. The molecule has 0 aromatic heterocycles. The lowest BCUT2D eigenvalue weighted by molar-refractivity contribution is 0.193. The van der Waals surface area contributed by atoms with Gasteiger partial charge in [-0.25, -0.2) is 4.79 Å². The summed E-state index contributed by atoms with van der Waals surface area (Å²) in [5.74, 6) is 1.18. The normalized spacial score (nSPS) is 11.7. The standard InChI is InChI=1S/C18H31N2O5PS2/c1-6-13-20(26(27,22-7-2)23-8-3)28-14-19-18(21)25-17-12-10-9-11-16(17)24-15(4)5/h9-12,15H,6-8,13-14H2,1-5H3,(H,19,21). The Balaban J connectivity index is 2.65. The molecule has 0 heterocycles. The molecule has 1 rings (SSSR count). The lowest BCUT2D eigenvalue weighted by atomic mass is 10.3.